The summed E-state index contributed by atoms with van der Waals surface area (Å²) in [5, 5.41) is 19.5. The van der Waals surface area contributed by atoms with E-state index in [2.05, 4.69) is 32.7 Å². The number of nitrogens with zero attached hydrogens (tertiary/aromatic N) is 5. The molecule has 0 fully saturated rings. The van der Waals surface area contributed by atoms with Gasteiger partial charge in [-0.3, -0.25) is 10.1 Å². The Morgan fingerprint density at radius 2 is 2.04 bits per heavy atom. The summed E-state index contributed by atoms with van der Waals surface area (Å²) in [6.07, 6.45) is 1.05. The lowest BCUT2D eigenvalue weighted by molar-refractivity contribution is 0.101. The number of rotatable bonds is 8. The number of ether oxygens (including phenoxy) is 1. The lowest BCUT2D eigenvalue weighted by Crippen LogP contribution is -2.16. The van der Waals surface area contributed by atoms with E-state index in [0.29, 0.717) is 10.8 Å². The van der Waals surface area contributed by atoms with Crippen LogP contribution < -0.4 is 5.32 Å². The molecule has 1 N–H and O–H groups in total. The third-order valence-electron chi connectivity index (χ3n) is 3.59. The van der Waals surface area contributed by atoms with Crippen molar-refractivity contribution in [1.82, 2.24) is 25.2 Å². The fourth-order valence-corrected chi connectivity index (χ4v) is 3.97. The highest BCUT2D eigenvalue weighted by Gasteiger charge is 2.22. The van der Waals surface area contributed by atoms with E-state index >= 15 is 0 Å². The minimum absolute atomic E-state index is 0.204. The van der Waals surface area contributed by atoms with Gasteiger partial charge in [-0.25, -0.2) is 4.68 Å². The molecule has 0 saturated heterocycles. The predicted octanol–water partition coefficient (Wildman–Crippen LogP) is 3.33. The van der Waals surface area contributed by atoms with Crippen molar-refractivity contribution in [3.63, 3.8) is 0 Å². The van der Waals surface area contributed by atoms with Crippen LogP contribution in [0.3, 0.4) is 0 Å². The molecule has 3 aromatic rings. The van der Waals surface area contributed by atoms with Crippen molar-refractivity contribution < 1.29 is 9.53 Å². The molecule has 10 heteroatoms. The summed E-state index contributed by atoms with van der Waals surface area (Å²) in [7, 11) is 1.57. The van der Waals surface area contributed by atoms with E-state index in [1.165, 1.54) is 11.3 Å². The summed E-state index contributed by atoms with van der Waals surface area (Å²) in [5.74, 6) is 0.578. The lowest BCUT2D eigenvalue weighted by Gasteiger charge is -2.07. The largest absolute Gasteiger partial charge is 0.378 e. The Kier molecular flexibility index (Phi) is 6.54. The number of thioether (sulfide) groups is 1. The number of hydrogen-bond donors (Lipinski definition) is 1. The molecule has 0 bridgehead atoms. The molecule has 0 saturated carbocycles. The molecule has 0 spiro atoms. The Morgan fingerprint density at radius 3 is 2.74 bits per heavy atom. The summed E-state index contributed by atoms with van der Waals surface area (Å²) < 4.78 is 7.69. The first-order valence-electron chi connectivity index (χ1n) is 8.40. The average Bonchev–Trinajstić information content (AvgIpc) is 3.28. The Morgan fingerprint density at radius 1 is 1.26 bits per heavy atom. The maximum absolute atomic E-state index is 12.7. The first-order valence-corrected chi connectivity index (χ1v) is 10.2. The van der Waals surface area contributed by atoms with E-state index in [0.717, 1.165) is 27.8 Å². The highest BCUT2D eigenvalue weighted by atomic mass is 32.2. The molecule has 0 aliphatic carbocycles. The molecule has 0 unspecified atom stereocenters. The summed E-state index contributed by atoms with van der Waals surface area (Å²) in [6, 6.07) is 7.80. The van der Waals surface area contributed by atoms with Crippen LogP contribution in [-0.2, 0) is 11.3 Å². The predicted molar refractivity (Wildman–Crippen MR) is 106 cm³/mol. The van der Waals surface area contributed by atoms with Crippen LogP contribution in [0.4, 0.5) is 5.13 Å². The van der Waals surface area contributed by atoms with Crippen LogP contribution in [0.2, 0.25) is 0 Å². The number of carbonyl (C=O) groups excluding carboxylic acids is 1. The number of benzene rings is 1. The monoisotopic (exact) mass is 404 g/mol. The second kappa shape index (κ2) is 9.07. The zero-order valence-corrected chi connectivity index (χ0v) is 16.9. The van der Waals surface area contributed by atoms with Crippen LogP contribution in [0.5, 0.6) is 0 Å². The fourth-order valence-electron chi connectivity index (χ4n) is 2.30. The Hall–Kier alpha value is -2.30. The number of aromatic nitrogens is 5. The van der Waals surface area contributed by atoms with Crippen LogP contribution in [0.15, 0.2) is 28.6 Å². The maximum atomic E-state index is 12.7. The SMILES string of the molecule is CCCSc1nnc(NC(=O)c2nnn(-c3ccc(C)cc3)c2COC)s1. The van der Waals surface area contributed by atoms with Crippen LogP contribution in [-0.4, -0.2) is 44.0 Å². The van der Waals surface area contributed by atoms with Gasteiger partial charge in [-0.1, -0.05) is 52.9 Å². The second-order valence-corrected chi connectivity index (χ2v) is 8.06. The van der Waals surface area contributed by atoms with E-state index < -0.39 is 0 Å². The van der Waals surface area contributed by atoms with Gasteiger partial charge in [-0.05, 0) is 25.5 Å². The van der Waals surface area contributed by atoms with E-state index in [9.17, 15) is 4.79 Å². The molecule has 142 valence electrons. The Labute approximate surface area is 165 Å². The number of hydrogen-bond acceptors (Lipinski definition) is 8. The number of amides is 1. The second-order valence-electron chi connectivity index (χ2n) is 5.74. The van der Waals surface area contributed by atoms with Gasteiger partial charge in [-0.15, -0.1) is 15.3 Å². The third-order valence-corrected chi connectivity index (χ3v) is 5.77. The Bertz CT molecular complexity index is 907. The zero-order chi connectivity index (χ0) is 19.2. The number of nitrogens with one attached hydrogen (secondary N) is 1. The van der Waals surface area contributed by atoms with Crippen molar-refractivity contribution in [2.75, 3.05) is 18.2 Å². The molecule has 2 heterocycles. The highest BCUT2D eigenvalue weighted by Crippen LogP contribution is 2.26. The molecule has 0 aliphatic heterocycles. The molecule has 0 radical (unpaired) electrons. The minimum atomic E-state index is -0.386. The first-order chi connectivity index (χ1) is 13.1. The molecule has 3 rings (SSSR count). The van der Waals surface area contributed by atoms with Gasteiger partial charge in [0.25, 0.3) is 5.91 Å². The summed E-state index contributed by atoms with van der Waals surface area (Å²) in [5.41, 5.74) is 2.73. The number of carbonyl (C=O) groups is 1. The van der Waals surface area contributed by atoms with Crippen LogP contribution in [0.25, 0.3) is 5.69 Å². The van der Waals surface area contributed by atoms with Crippen molar-refractivity contribution in [1.29, 1.82) is 0 Å². The van der Waals surface area contributed by atoms with Gasteiger partial charge in [0.05, 0.1) is 12.3 Å². The van der Waals surface area contributed by atoms with Crippen molar-refractivity contribution in [2.24, 2.45) is 0 Å². The maximum Gasteiger partial charge on any atom is 0.280 e. The number of methoxy groups -OCH3 is 1. The van der Waals surface area contributed by atoms with Crippen molar-refractivity contribution in [3.8, 4) is 5.69 Å². The van der Waals surface area contributed by atoms with E-state index in [1.54, 1.807) is 23.6 Å². The molecule has 2 aromatic heterocycles. The molecular weight excluding hydrogens is 384 g/mol. The smallest absolute Gasteiger partial charge is 0.280 e. The summed E-state index contributed by atoms with van der Waals surface area (Å²) >= 11 is 2.96. The summed E-state index contributed by atoms with van der Waals surface area (Å²) in [6.45, 7) is 4.32. The van der Waals surface area contributed by atoms with Crippen LogP contribution in [0, 0.1) is 6.92 Å². The van der Waals surface area contributed by atoms with Crippen LogP contribution in [0.1, 0.15) is 35.1 Å². The van der Waals surface area contributed by atoms with Gasteiger partial charge in [0.2, 0.25) is 5.13 Å². The molecule has 1 amide bonds. The number of aryl methyl sites for hydroxylation is 1. The zero-order valence-electron chi connectivity index (χ0n) is 15.3. The molecule has 0 aliphatic rings. The van der Waals surface area contributed by atoms with Gasteiger partial charge in [0.15, 0.2) is 10.0 Å². The average molecular weight is 405 g/mol. The van der Waals surface area contributed by atoms with E-state index in [4.69, 9.17) is 4.74 Å². The van der Waals surface area contributed by atoms with E-state index in [-0.39, 0.29) is 18.2 Å². The topological polar surface area (TPSA) is 94.8 Å². The van der Waals surface area contributed by atoms with Gasteiger partial charge in [-0.2, -0.15) is 0 Å². The van der Waals surface area contributed by atoms with Crippen molar-refractivity contribution in [2.45, 2.75) is 31.2 Å². The third kappa shape index (κ3) is 4.71. The molecular formula is C17H20N6O2S2. The van der Waals surface area contributed by atoms with Gasteiger partial charge < -0.3 is 4.74 Å². The van der Waals surface area contributed by atoms with Crippen molar-refractivity contribution in [3.05, 3.63) is 41.2 Å². The quantitative estimate of drug-likeness (QED) is 0.454. The molecule has 8 nitrogen and oxygen atoms in total. The molecule has 27 heavy (non-hydrogen) atoms. The number of anilines is 1. The first kappa shape index (κ1) is 19.5. The van der Waals surface area contributed by atoms with Crippen LogP contribution >= 0.6 is 23.1 Å². The highest BCUT2D eigenvalue weighted by molar-refractivity contribution is 8.01. The minimum Gasteiger partial charge on any atom is -0.378 e. The molecule has 0 atom stereocenters. The lowest BCUT2D eigenvalue weighted by atomic mass is 10.2. The van der Waals surface area contributed by atoms with E-state index in [1.807, 2.05) is 31.2 Å². The Balaban J connectivity index is 1.82. The fraction of sp³-hybridized carbons (Fsp3) is 0.353. The van der Waals surface area contributed by atoms with Gasteiger partial charge in [0.1, 0.15) is 5.69 Å². The normalized spacial score (nSPS) is 10.9. The van der Waals surface area contributed by atoms with Gasteiger partial charge in [0, 0.05) is 12.9 Å². The summed E-state index contributed by atoms with van der Waals surface area (Å²) in [4.78, 5) is 12.7. The standard InChI is InChI=1S/C17H20N6O2S2/c1-4-9-26-17-21-20-16(27-17)18-15(24)14-13(10-25-3)23(22-19-14)12-7-5-11(2)6-8-12/h5-8H,4,9-10H2,1-3H3,(H,18,20,24). The van der Waals surface area contributed by atoms with Crippen molar-refractivity contribution >= 4 is 34.1 Å². The van der Waals surface area contributed by atoms with Gasteiger partial charge >= 0.3 is 0 Å². The molecule has 1 aromatic carbocycles.